The molecule has 0 spiro atoms. The molecule has 36 heavy (non-hydrogen) atoms. The Hall–Kier alpha value is -3.59. The molecule has 0 aliphatic carbocycles. The fourth-order valence-electron chi connectivity index (χ4n) is 3.58. The Kier molecular flexibility index (Phi) is 8.10. The first kappa shape index (κ1) is 25.5. The number of carbonyl (C=O) groups is 1. The molecule has 2 aromatic rings. The van der Waals surface area contributed by atoms with Crippen LogP contribution in [-0.4, -0.2) is 46.8 Å². The Morgan fingerprint density at radius 2 is 1.81 bits per heavy atom. The summed E-state index contributed by atoms with van der Waals surface area (Å²) < 4.78 is 17.4. The van der Waals surface area contributed by atoms with Gasteiger partial charge in [-0.2, -0.15) is 15.1 Å². The number of fused-ring (bicyclic) bond motifs is 1. The van der Waals surface area contributed by atoms with Gasteiger partial charge in [-0.1, -0.05) is 37.6 Å². The second kappa shape index (κ2) is 11.4. The lowest BCUT2D eigenvalue weighted by Crippen LogP contribution is -2.35. The number of aliphatic imine (C=N–C) groups is 1. The average Bonchev–Trinajstić information content (AvgIpc) is 3.23. The van der Waals surface area contributed by atoms with Crippen LogP contribution >= 0.6 is 11.8 Å². The van der Waals surface area contributed by atoms with Gasteiger partial charge < -0.3 is 14.2 Å². The van der Waals surface area contributed by atoms with Crippen molar-refractivity contribution in [1.82, 2.24) is 5.01 Å². The van der Waals surface area contributed by atoms with E-state index in [0.717, 1.165) is 17.2 Å². The minimum atomic E-state index is -0.453. The Balaban J connectivity index is 1.45. The molecule has 0 bridgehead atoms. The molecular weight excluding hydrogens is 476 g/mol. The van der Waals surface area contributed by atoms with Crippen molar-refractivity contribution in [2.45, 2.75) is 34.1 Å². The molecule has 2 aromatic carbocycles. The summed E-state index contributed by atoms with van der Waals surface area (Å²) in [6.07, 6.45) is 2.41. The highest BCUT2D eigenvalue weighted by molar-refractivity contribution is 8.26. The summed E-state index contributed by atoms with van der Waals surface area (Å²) in [5.74, 6) is 1.91. The van der Waals surface area contributed by atoms with Crippen molar-refractivity contribution >= 4 is 39.8 Å². The number of hydrogen-bond acceptors (Lipinski definition) is 7. The maximum absolute atomic E-state index is 12.7. The van der Waals surface area contributed by atoms with Crippen LogP contribution in [0.2, 0.25) is 0 Å². The zero-order valence-electron chi connectivity index (χ0n) is 20.9. The number of rotatable bonds is 10. The number of aryl methyl sites for hydroxylation is 1. The lowest BCUT2D eigenvalue weighted by atomic mass is 10.1. The predicted octanol–water partition coefficient (Wildman–Crippen LogP) is 5.52. The number of nitrogens with one attached hydrogen (secondary N) is 1. The first-order valence-corrected chi connectivity index (χ1v) is 12.7. The van der Waals surface area contributed by atoms with Gasteiger partial charge in [-0.05, 0) is 67.4 Å². The van der Waals surface area contributed by atoms with E-state index >= 15 is 0 Å². The van der Waals surface area contributed by atoms with Gasteiger partial charge in [-0.15, -0.1) is 0 Å². The van der Waals surface area contributed by atoms with E-state index in [1.807, 2.05) is 44.2 Å². The molecule has 1 N–H and O–H groups in total. The van der Waals surface area contributed by atoms with Gasteiger partial charge in [0.15, 0.2) is 17.3 Å². The molecule has 0 aromatic heterocycles. The maximum Gasteiger partial charge on any atom is 0.283 e. The smallest absolute Gasteiger partial charge is 0.283 e. The summed E-state index contributed by atoms with van der Waals surface area (Å²) in [7, 11) is 0. The van der Waals surface area contributed by atoms with Crippen LogP contribution in [0, 0.1) is 18.3 Å². The number of amidine groups is 2. The van der Waals surface area contributed by atoms with Gasteiger partial charge in [0.05, 0.1) is 12.2 Å². The molecule has 4 rings (SSSR count). The molecule has 0 saturated heterocycles. The molecule has 2 heterocycles. The molecule has 2 aliphatic rings. The van der Waals surface area contributed by atoms with Crippen LogP contribution in [0.3, 0.4) is 0 Å². The first-order chi connectivity index (χ1) is 17.3. The van der Waals surface area contributed by atoms with Crippen LogP contribution in [0.25, 0.3) is 6.08 Å². The van der Waals surface area contributed by atoms with Crippen molar-refractivity contribution in [2.24, 2.45) is 16.0 Å². The number of nitrogens with zero attached hydrogens (tertiary/aromatic N) is 3. The minimum absolute atomic E-state index is 0.0165. The van der Waals surface area contributed by atoms with E-state index in [-0.39, 0.29) is 11.4 Å². The lowest BCUT2D eigenvalue weighted by Gasteiger charge is -2.20. The lowest BCUT2D eigenvalue weighted by molar-refractivity contribution is -0.114. The maximum atomic E-state index is 12.7. The van der Waals surface area contributed by atoms with Crippen molar-refractivity contribution < 1.29 is 19.0 Å². The van der Waals surface area contributed by atoms with E-state index in [1.165, 1.54) is 22.3 Å². The molecular formula is C27H30N4O4S. The number of amides is 1. The summed E-state index contributed by atoms with van der Waals surface area (Å²) >= 11 is 1.35. The van der Waals surface area contributed by atoms with E-state index in [2.05, 4.69) is 23.9 Å². The fourth-order valence-corrected chi connectivity index (χ4v) is 4.67. The van der Waals surface area contributed by atoms with Crippen molar-refractivity contribution in [1.29, 1.82) is 5.41 Å². The third-order valence-corrected chi connectivity index (χ3v) is 6.22. The normalized spacial score (nSPS) is 16.2. The van der Waals surface area contributed by atoms with Gasteiger partial charge in [0.1, 0.15) is 24.0 Å². The van der Waals surface area contributed by atoms with E-state index in [1.54, 1.807) is 18.2 Å². The SMILES string of the molecule is CCOc1cc(C=C2C(=N)N3N=C(CC(C)C)SC3=NC2=O)ccc1OCCOc1ccc(C)cc1. The Morgan fingerprint density at radius 1 is 1.06 bits per heavy atom. The van der Waals surface area contributed by atoms with E-state index in [0.29, 0.717) is 48.0 Å². The molecule has 0 fully saturated rings. The zero-order valence-corrected chi connectivity index (χ0v) is 21.7. The van der Waals surface area contributed by atoms with Gasteiger partial charge in [0.2, 0.25) is 5.17 Å². The molecule has 9 heteroatoms. The monoisotopic (exact) mass is 506 g/mol. The summed E-state index contributed by atoms with van der Waals surface area (Å²) in [5.41, 5.74) is 2.05. The molecule has 1 amide bonds. The summed E-state index contributed by atoms with van der Waals surface area (Å²) in [6, 6.07) is 13.3. The highest BCUT2D eigenvalue weighted by Crippen LogP contribution is 2.32. The highest BCUT2D eigenvalue weighted by atomic mass is 32.2. The second-order valence-corrected chi connectivity index (χ2v) is 9.80. The number of hydrazone groups is 1. The van der Waals surface area contributed by atoms with Crippen LogP contribution in [0.15, 0.2) is 58.1 Å². The van der Waals surface area contributed by atoms with Crippen LogP contribution in [0.5, 0.6) is 17.2 Å². The summed E-state index contributed by atoms with van der Waals surface area (Å²) in [4.78, 5) is 16.9. The van der Waals surface area contributed by atoms with Crippen LogP contribution in [0.4, 0.5) is 0 Å². The molecule has 0 unspecified atom stereocenters. The van der Waals surface area contributed by atoms with Crippen LogP contribution in [0.1, 0.15) is 38.3 Å². The predicted molar refractivity (Wildman–Crippen MR) is 144 cm³/mol. The molecule has 188 valence electrons. The fraction of sp³-hybridized carbons (Fsp3) is 0.333. The van der Waals surface area contributed by atoms with Crippen LogP contribution in [-0.2, 0) is 4.79 Å². The number of carbonyl (C=O) groups excluding carboxylic acids is 1. The Bertz CT molecular complexity index is 1230. The largest absolute Gasteiger partial charge is 0.490 e. The molecule has 2 aliphatic heterocycles. The number of benzene rings is 2. The third kappa shape index (κ3) is 6.15. The van der Waals surface area contributed by atoms with Gasteiger partial charge in [0.25, 0.3) is 5.91 Å². The Morgan fingerprint density at radius 3 is 2.53 bits per heavy atom. The van der Waals surface area contributed by atoms with Gasteiger partial charge in [0, 0.05) is 6.42 Å². The van der Waals surface area contributed by atoms with Gasteiger partial charge >= 0.3 is 0 Å². The molecule has 0 atom stereocenters. The topological polar surface area (TPSA) is 96.6 Å². The minimum Gasteiger partial charge on any atom is -0.490 e. The van der Waals surface area contributed by atoms with Crippen molar-refractivity contribution in [3.05, 3.63) is 59.2 Å². The van der Waals surface area contributed by atoms with E-state index < -0.39 is 5.91 Å². The van der Waals surface area contributed by atoms with E-state index in [4.69, 9.17) is 19.6 Å². The first-order valence-electron chi connectivity index (χ1n) is 11.9. The molecule has 0 saturated carbocycles. The summed E-state index contributed by atoms with van der Waals surface area (Å²) in [6.45, 7) is 9.32. The summed E-state index contributed by atoms with van der Waals surface area (Å²) in [5, 5.41) is 15.8. The van der Waals surface area contributed by atoms with Gasteiger partial charge in [-0.3, -0.25) is 10.2 Å². The third-order valence-electron chi connectivity index (χ3n) is 5.29. The quantitative estimate of drug-likeness (QED) is 0.337. The van der Waals surface area contributed by atoms with Crippen molar-refractivity contribution in [3.8, 4) is 17.2 Å². The van der Waals surface area contributed by atoms with Crippen molar-refractivity contribution in [2.75, 3.05) is 19.8 Å². The standard InChI is InChI=1S/C27H30N4O4S/c1-5-33-23-16-19(8-11-22(23)35-13-12-34-20-9-6-18(4)7-10-20)15-21-25(28)31-27(29-26(21)32)36-24(30-31)14-17(2)3/h6-11,15-17,28H,5,12-14H2,1-4H3. The van der Waals surface area contributed by atoms with E-state index in [9.17, 15) is 4.79 Å². The average molecular weight is 507 g/mol. The zero-order chi connectivity index (χ0) is 25.7. The van der Waals surface area contributed by atoms with Gasteiger partial charge in [-0.25, -0.2) is 0 Å². The Labute approximate surface area is 215 Å². The molecule has 0 radical (unpaired) electrons. The molecule has 8 nitrogen and oxygen atoms in total. The van der Waals surface area contributed by atoms with Crippen molar-refractivity contribution in [3.63, 3.8) is 0 Å². The number of ether oxygens (including phenoxy) is 3. The highest BCUT2D eigenvalue weighted by Gasteiger charge is 2.35. The van der Waals surface area contributed by atoms with Crippen LogP contribution < -0.4 is 14.2 Å². The number of hydrogen-bond donors (Lipinski definition) is 1. The number of thioether (sulfide) groups is 1. The second-order valence-electron chi connectivity index (χ2n) is 8.76.